The number of carboxylic acids is 1. The van der Waals surface area contributed by atoms with Crippen LogP contribution in [0.1, 0.15) is 53.0 Å². The number of benzene rings is 2. The van der Waals surface area contributed by atoms with E-state index in [1.807, 2.05) is 19.1 Å². The molecule has 7 heteroatoms. The summed E-state index contributed by atoms with van der Waals surface area (Å²) >= 11 is 6.48. The number of fused-ring (bicyclic) bond motifs is 1. The fourth-order valence-electron chi connectivity index (χ4n) is 3.61. The van der Waals surface area contributed by atoms with E-state index in [1.54, 1.807) is 38.1 Å². The Morgan fingerprint density at radius 3 is 2.41 bits per heavy atom. The van der Waals surface area contributed by atoms with Gasteiger partial charge in [-0.2, -0.15) is 0 Å². The quantitative estimate of drug-likeness (QED) is 0.357. The fraction of sp³-hybridized carbons (Fsp3) is 0.444. The van der Waals surface area contributed by atoms with Gasteiger partial charge in [0, 0.05) is 18.1 Å². The summed E-state index contributed by atoms with van der Waals surface area (Å²) in [5.74, 6) is 1.92. The number of carbonyl (C=O) groups is 1. The van der Waals surface area contributed by atoms with Crippen molar-refractivity contribution in [3.63, 3.8) is 0 Å². The smallest absolute Gasteiger partial charge is 0.347 e. The highest BCUT2D eigenvalue weighted by molar-refractivity contribution is 6.32. The van der Waals surface area contributed by atoms with Gasteiger partial charge < -0.3 is 24.1 Å². The Labute approximate surface area is 206 Å². The molecule has 2 aromatic carbocycles. The minimum atomic E-state index is -1.26. The molecule has 2 atom stereocenters. The normalized spacial score (nSPS) is 16.7. The Morgan fingerprint density at radius 1 is 1.15 bits per heavy atom. The number of halogens is 1. The summed E-state index contributed by atoms with van der Waals surface area (Å²) in [6.07, 6.45) is 3.15. The molecule has 0 fully saturated rings. The van der Waals surface area contributed by atoms with Crippen LogP contribution >= 0.6 is 11.6 Å². The third-order valence-corrected chi connectivity index (χ3v) is 6.10. The van der Waals surface area contributed by atoms with Crippen molar-refractivity contribution in [2.75, 3.05) is 13.2 Å². The van der Waals surface area contributed by atoms with Crippen LogP contribution in [0.3, 0.4) is 0 Å². The third-order valence-electron chi connectivity index (χ3n) is 5.80. The highest BCUT2D eigenvalue weighted by atomic mass is 35.5. The predicted molar refractivity (Wildman–Crippen MR) is 133 cm³/mol. The summed E-state index contributed by atoms with van der Waals surface area (Å²) < 4.78 is 23.3. The first-order valence-electron chi connectivity index (χ1n) is 11.6. The Kier molecular flexibility index (Phi) is 8.37. The minimum absolute atomic E-state index is 0.00367. The van der Waals surface area contributed by atoms with E-state index < -0.39 is 11.6 Å². The molecule has 1 heterocycles. The molecule has 6 nitrogen and oxygen atoms in total. The first kappa shape index (κ1) is 25.8. The maximum Gasteiger partial charge on any atom is 0.347 e. The van der Waals surface area contributed by atoms with Crippen LogP contribution in [0.25, 0.3) is 5.57 Å². The number of carboxylic acid groups (broad SMARTS) is 1. The molecule has 2 aromatic rings. The van der Waals surface area contributed by atoms with Crippen molar-refractivity contribution in [2.24, 2.45) is 5.92 Å². The molecule has 0 amide bonds. The molecule has 1 unspecified atom stereocenters. The highest BCUT2D eigenvalue weighted by Gasteiger charge is 2.33. The number of hydrogen-bond acceptors (Lipinski definition) is 5. The van der Waals surface area contributed by atoms with Crippen LogP contribution < -0.4 is 18.9 Å². The molecule has 0 bridgehead atoms. The molecule has 0 aromatic heterocycles. The molecule has 3 rings (SSSR count). The van der Waals surface area contributed by atoms with Crippen molar-refractivity contribution in [3.8, 4) is 23.0 Å². The van der Waals surface area contributed by atoms with Crippen LogP contribution in [0.15, 0.2) is 42.5 Å². The predicted octanol–water partition coefficient (Wildman–Crippen LogP) is 6.64. The lowest BCUT2D eigenvalue weighted by Crippen LogP contribution is -2.40. The monoisotopic (exact) mass is 488 g/mol. The summed E-state index contributed by atoms with van der Waals surface area (Å²) in [5, 5.41) is 9.89. The van der Waals surface area contributed by atoms with E-state index in [0.717, 1.165) is 11.3 Å². The Morgan fingerprint density at radius 2 is 1.79 bits per heavy atom. The average Bonchev–Trinajstić information content (AvgIpc) is 2.79. The molecular formula is C27H33ClO6. The number of hydrogen-bond donors (Lipinski definition) is 1. The second-order valence-electron chi connectivity index (χ2n) is 8.89. The Bertz CT molecular complexity index is 1030. The lowest BCUT2D eigenvalue weighted by atomic mass is 9.91. The second kappa shape index (κ2) is 11.0. The lowest BCUT2D eigenvalue weighted by molar-refractivity contribution is -0.154. The molecule has 184 valence electrons. The fourth-order valence-corrected chi connectivity index (χ4v) is 3.83. The SMILES string of the molecule is CC[C@@](C)(Oc1ccc(OCCCOc2cc3c(cc2Cl)C(C(C)C)=CC(C)O3)cc1)C(=O)O. The minimum Gasteiger partial charge on any atom is -0.493 e. The molecule has 1 N–H and O–H groups in total. The molecule has 1 aliphatic heterocycles. The van der Waals surface area contributed by atoms with Gasteiger partial charge in [0.05, 0.1) is 18.2 Å². The van der Waals surface area contributed by atoms with Crippen LogP contribution in [0, 0.1) is 5.92 Å². The summed E-state index contributed by atoms with van der Waals surface area (Å²) in [6.45, 7) is 10.6. The van der Waals surface area contributed by atoms with E-state index >= 15 is 0 Å². The van der Waals surface area contributed by atoms with Crippen LogP contribution in [-0.2, 0) is 4.79 Å². The second-order valence-corrected chi connectivity index (χ2v) is 9.30. The van der Waals surface area contributed by atoms with E-state index in [9.17, 15) is 9.90 Å². The van der Waals surface area contributed by atoms with Crippen molar-refractivity contribution in [2.45, 2.75) is 59.2 Å². The molecule has 0 saturated carbocycles. The van der Waals surface area contributed by atoms with Crippen LogP contribution in [0.4, 0.5) is 0 Å². The van der Waals surface area contributed by atoms with Crippen molar-refractivity contribution in [1.82, 2.24) is 0 Å². The van der Waals surface area contributed by atoms with Gasteiger partial charge in [0.25, 0.3) is 0 Å². The molecule has 0 saturated heterocycles. The van der Waals surface area contributed by atoms with E-state index in [1.165, 1.54) is 5.57 Å². The van der Waals surface area contributed by atoms with E-state index in [0.29, 0.717) is 54.2 Å². The molecule has 1 aliphatic rings. The van der Waals surface area contributed by atoms with E-state index in [4.69, 9.17) is 30.5 Å². The van der Waals surface area contributed by atoms with Gasteiger partial charge in [-0.1, -0.05) is 32.4 Å². The van der Waals surface area contributed by atoms with Gasteiger partial charge in [-0.05, 0) is 68.2 Å². The van der Waals surface area contributed by atoms with Gasteiger partial charge in [-0.3, -0.25) is 0 Å². The summed E-state index contributed by atoms with van der Waals surface area (Å²) in [5.41, 5.74) is 0.992. The zero-order chi connectivity index (χ0) is 24.9. The van der Waals surface area contributed by atoms with Crippen molar-refractivity contribution < 1.29 is 28.8 Å². The largest absolute Gasteiger partial charge is 0.493 e. The van der Waals surface area contributed by atoms with Gasteiger partial charge in [-0.25, -0.2) is 4.79 Å². The van der Waals surface area contributed by atoms with Gasteiger partial charge in [0.15, 0.2) is 0 Å². The number of aliphatic carboxylic acids is 1. The van der Waals surface area contributed by atoms with Crippen LogP contribution in [-0.4, -0.2) is 36.0 Å². The van der Waals surface area contributed by atoms with Gasteiger partial charge >= 0.3 is 5.97 Å². The molecule has 0 aliphatic carbocycles. The van der Waals surface area contributed by atoms with Gasteiger partial charge in [-0.15, -0.1) is 0 Å². The Hall–Kier alpha value is -2.86. The summed E-state index contributed by atoms with van der Waals surface area (Å²) in [6, 6.07) is 10.7. The highest BCUT2D eigenvalue weighted by Crippen LogP contribution is 2.41. The van der Waals surface area contributed by atoms with E-state index in [2.05, 4.69) is 19.9 Å². The van der Waals surface area contributed by atoms with Crippen molar-refractivity contribution in [3.05, 3.63) is 53.1 Å². The first-order chi connectivity index (χ1) is 16.1. The van der Waals surface area contributed by atoms with Crippen LogP contribution in [0.5, 0.6) is 23.0 Å². The Balaban J connectivity index is 1.50. The maximum atomic E-state index is 11.4. The number of allylic oxidation sites excluding steroid dienone is 1. The average molecular weight is 489 g/mol. The number of ether oxygens (including phenoxy) is 4. The standard InChI is InChI=1S/C27H33ClO6/c1-6-27(5,26(29)30)34-20-10-8-19(9-11-20)31-12-7-13-32-25-16-24-22(15-23(25)28)21(17(2)3)14-18(4)33-24/h8-11,14-18H,6-7,12-13H2,1-5H3,(H,29,30)/t18?,27-/m1/s1. The first-order valence-corrected chi connectivity index (χ1v) is 12.0. The van der Waals surface area contributed by atoms with Gasteiger partial charge in [0.2, 0.25) is 5.60 Å². The topological polar surface area (TPSA) is 74.2 Å². The molecule has 0 spiro atoms. The van der Waals surface area contributed by atoms with Crippen LogP contribution in [0.2, 0.25) is 5.02 Å². The third kappa shape index (κ3) is 6.17. The zero-order valence-electron chi connectivity index (χ0n) is 20.4. The van der Waals surface area contributed by atoms with Crippen molar-refractivity contribution in [1.29, 1.82) is 0 Å². The zero-order valence-corrected chi connectivity index (χ0v) is 21.1. The maximum absolute atomic E-state index is 11.4. The number of rotatable bonds is 11. The lowest BCUT2D eigenvalue weighted by Gasteiger charge is -2.26. The summed E-state index contributed by atoms with van der Waals surface area (Å²) in [7, 11) is 0. The summed E-state index contributed by atoms with van der Waals surface area (Å²) in [4.78, 5) is 11.4. The van der Waals surface area contributed by atoms with E-state index in [-0.39, 0.29) is 6.10 Å². The van der Waals surface area contributed by atoms with Crippen molar-refractivity contribution >= 4 is 23.1 Å². The molecule has 0 radical (unpaired) electrons. The molecular weight excluding hydrogens is 456 g/mol. The van der Waals surface area contributed by atoms with Gasteiger partial charge in [0.1, 0.15) is 29.1 Å². The molecule has 34 heavy (non-hydrogen) atoms.